The summed E-state index contributed by atoms with van der Waals surface area (Å²) in [6, 6.07) is 15.5. The van der Waals surface area contributed by atoms with Crippen molar-refractivity contribution in [2.75, 3.05) is 25.5 Å². The van der Waals surface area contributed by atoms with Gasteiger partial charge in [-0.1, -0.05) is 32.9 Å². The zero-order valence-corrected chi connectivity index (χ0v) is 18.8. The second-order valence-corrected chi connectivity index (χ2v) is 9.17. The molecule has 1 aliphatic rings. The molecule has 1 saturated heterocycles. The molecule has 1 heterocycles. The fourth-order valence-corrected chi connectivity index (χ4v) is 3.45. The maximum atomic E-state index is 12.5. The number of likely N-dealkylation sites (tertiary alicyclic amines) is 1. The van der Waals surface area contributed by atoms with E-state index in [1.165, 1.54) is 5.56 Å². The van der Waals surface area contributed by atoms with Crippen molar-refractivity contribution in [2.24, 2.45) is 0 Å². The Labute approximate surface area is 180 Å². The van der Waals surface area contributed by atoms with E-state index in [0.29, 0.717) is 5.75 Å². The van der Waals surface area contributed by atoms with Crippen LogP contribution in [0.25, 0.3) is 0 Å². The van der Waals surface area contributed by atoms with Crippen LogP contribution >= 0.6 is 0 Å². The van der Waals surface area contributed by atoms with Crippen molar-refractivity contribution < 1.29 is 14.3 Å². The number of nitrogens with zero attached hydrogens (tertiary/aromatic N) is 1. The maximum Gasteiger partial charge on any atom is 0.265 e. The molecule has 0 aromatic heterocycles. The monoisotopic (exact) mass is 410 g/mol. The first-order valence-corrected chi connectivity index (χ1v) is 10.7. The minimum atomic E-state index is -0.597. The summed E-state index contributed by atoms with van der Waals surface area (Å²) in [4.78, 5) is 14.8. The van der Waals surface area contributed by atoms with Crippen molar-refractivity contribution in [3.63, 3.8) is 0 Å². The van der Waals surface area contributed by atoms with E-state index >= 15 is 0 Å². The summed E-state index contributed by atoms with van der Waals surface area (Å²) in [7, 11) is 2.14. The SMILES string of the molecule is C[C@@H](Oc1ccc(C(C)(C)C)cc1)C(=O)Nc1ccc(OC2CCN(C)CC2)cc1. The molecule has 0 radical (unpaired) electrons. The first-order chi connectivity index (χ1) is 14.2. The Kier molecular flexibility index (Phi) is 7.03. The van der Waals surface area contributed by atoms with E-state index in [4.69, 9.17) is 9.47 Å². The van der Waals surface area contributed by atoms with Crippen molar-refractivity contribution >= 4 is 11.6 Å². The summed E-state index contributed by atoms with van der Waals surface area (Å²) in [6.07, 6.45) is 1.75. The lowest BCUT2D eigenvalue weighted by Gasteiger charge is -2.29. The van der Waals surface area contributed by atoms with Crippen LogP contribution in [0.15, 0.2) is 48.5 Å². The molecule has 5 heteroatoms. The van der Waals surface area contributed by atoms with Crippen molar-refractivity contribution in [2.45, 2.75) is 58.2 Å². The Bertz CT molecular complexity index is 817. The van der Waals surface area contributed by atoms with Gasteiger partial charge in [0, 0.05) is 18.8 Å². The molecule has 1 aliphatic heterocycles. The number of hydrogen-bond acceptors (Lipinski definition) is 4. The van der Waals surface area contributed by atoms with E-state index in [1.54, 1.807) is 6.92 Å². The molecule has 0 spiro atoms. The number of hydrogen-bond donors (Lipinski definition) is 1. The molecule has 0 bridgehead atoms. The first kappa shape index (κ1) is 22.2. The fourth-order valence-electron chi connectivity index (χ4n) is 3.45. The van der Waals surface area contributed by atoms with Crippen LogP contribution in [0.5, 0.6) is 11.5 Å². The van der Waals surface area contributed by atoms with Gasteiger partial charge in [0.05, 0.1) is 0 Å². The third-order valence-corrected chi connectivity index (χ3v) is 5.49. The predicted octanol–water partition coefficient (Wildman–Crippen LogP) is 4.86. The van der Waals surface area contributed by atoms with Crippen LogP contribution in [0, 0.1) is 0 Å². The van der Waals surface area contributed by atoms with E-state index in [0.717, 1.165) is 37.4 Å². The number of rotatable bonds is 6. The lowest BCUT2D eigenvalue weighted by molar-refractivity contribution is -0.122. The van der Waals surface area contributed by atoms with Crippen LogP contribution in [-0.2, 0) is 10.2 Å². The van der Waals surface area contributed by atoms with Gasteiger partial charge in [-0.15, -0.1) is 0 Å². The summed E-state index contributed by atoms with van der Waals surface area (Å²) in [6.45, 7) is 10.4. The highest BCUT2D eigenvalue weighted by molar-refractivity contribution is 5.94. The maximum absolute atomic E-state index is 12.5. The summed E-state index contributed by atoms with van der Waals surface area (Å²) < 4.78 is 11.9. The van der Waals surface area contributed by atoms with Crippen LogP contribution in [0.2, 0.25) is 0 Å². The molecule has 2 aromatic rings. The van der Waals surface area contributed by atoms with Crippen LogP contribution in [0.3, 0.4) is 0 Å². The zero-order valence-electron chi connectivity index (χ0n) is 18.8. The highest BCUT2D eigenvalue weighted by atomic mass is 16.5. The highest BCUT2D eigenvalue weighted by Crippen LogP contribution is 2.25. The Balaban J connectivity index is 1.50. The first-order valence-electron chi connectivity index (χ1n) is 10.7. The molecule has 0 unspecified atom stereocenters. The van der Waals surface area contributed by atoms with Gasteiger partial charge in [-0.3, -0.25) is 4.79 Å². The predicted molar refractivity (Wildman–Crippen MR) is 121 cm³/mol. The minimum Gasteiger partial charge on any atom is -0.490 e. The van der Waals surface area contributed by atoms with E-state index in [9.17, 15) is 4.79 Å². The number of ether oxygens (including phenoxy) is 2. The number of benzene rings is 2. The van der Waals surface area contributed by atoms with Gasteiger partial charge < -0.3 is 19.7 Å². The van der Waals surface area contributed by atoms with Gasteiger partial charge in [0.15, 0.2) is 6.10 Å². The van der Waals surface area contributed by atoms with Crippen LogP contribution in [0.1, 0.15) is 46.1 Å². The number of nitrogens with one attached hydrogen (secondary N) is 1. The molecule has 1 amide bonds. The highest BCUT2D eigenvalue weighted by Gasteiger charge is 2.19. The summed E-state index contributed by atoms with van der Waals surface area (Å²) in [5.74, 6) is 1.34. The van der Waals surface area contributed by atoms with Gasteiger partial charge >= 0.3 is 0 Å². The van der Waals surface area contributed by atoms with Crippen molar-refractivity contribution in [1.29, 1.82) is 0 Å². The van der Waals surface area contributed by atoms with E-state index in [-0.39, 0.29) is 17.4 Å². The van der Waals surface area contributed by atoms with Crippen LogP contribution < -0.4 is 14.8 Å². The van der Waals surface area contributed by atoms with Gasteiger partial charge in [0.1, 0.15) is 17.6 Å². The summed E-state index contributed by atoms with van der Waals surface area (Å²) >= 11 is 0. The second-order valence-electron chi connectivity index (χ2n) is 9.17. The normalized spacial score (nSPS) is 16.7. The molecule has 2 aromatic carbocycles. The second kappa shape index (κ2) is 9.52. The molecule has 1 N–H and O–H groups in total. The van der Waals surface area contributed by atoms with Crippen LogP contribution in [-0.4, -0.2) is 43.2 Å². The Morgan fingerprint density at radius 3 is 2.13 bits per heavy atom. The van der Waals surface area contributed by atoms with Gasteiger partial charge in [-0.25, -0.2) is 0 Å². The smallest absolute Gasteiger partial charge is 0.265 e. The van der Waals surface area contributed by atoms with Crippen LogP contribution in [0.4, 0.5) is 5.69 Å². The summed E-state index contributed by atoms with van der Waals surface area (Å²) in [5, 5.41) is 2.91. The molecule has 3 rings (SSSR count). The summed E-state index contributed by atoms with van der Waals surface area (Å²) in [5.41, 5.74) is 2.05. The molecule has 30 heavy (non-hydrogen) atoms. The van der Waals surface area contributed by atoms with Gasteiger partial charge in [-0.2, -0.15) is 0 Å². The fraction of sp³-hybridized carbons (Fsp3) is 0.480. The quantitative estimate of drug-likeness (QED) is 0.739. The molecule has 1 fully saturated rings. The van der Waals surface area contributed by atoms with Crippen molar-refractivity contribution in [3.8, 4) is 11.5 Å². The molecule has 0 aliphatic carbocycles. The number of amides is 1. The van der Waals surface area contributed by atoms with Gasteiger partial charge in [0.2, 0.25) is 0 Å². The Hall–Kier alpha value is -2.53. The zero-order chi connectivity index (χ0) is 21.7. The van der Waals surface area contributed by atoms with Gasteiger partial charge in [-0.05, 0) is 74.2 Å². The lowest BCUT2D eigenvalue weighted by Crippen LogP contribution is -2.35. The van der Waals surface area contributed by atoms with E-state index in [2.05, 4.69) is 38.0 Å². The number of carbonyl (C=O) groups excluding carboxylic acids is 1. The third kappa shape index (κ3) is 6.23. The van der Waals surface area contributed by atoms with E-state index < -0.39 is 6.10 Å². The molecule has 0 saturated carbocycles. The Morgan fingerprint density at radius 2 is 1.57 bits per heavy atom. The average molecular weight is 411 g/mol. The van der Waals surface area contributed by atoms with Crippen molar-refractivity contribution in [1.82, 2.24) is 4.90 Å². The standard InChI is InChI=1S/C25H34N2O3/c1-18(29-21-10-6-19(7-11-21)25(2,3)4)24(28)26-20-8-12-22(13-9-20)30-23-14-16-27(5)17-15-23/h6-13,18,23H,14-17H2,1-5H3,(H,26,28)/t18-/m1/s1. The van der Waals surface area contributed by atoms with E-state index in [1.807, 2.05) is 48.5 Å². The molecular formula is C25H34N2O3. The molecule has 162 valence electrons. The number of anilines is 1. The third-order valence-electron chi connectivity index (χ3n) is 5.49. The largest absolute Gasteiger partial charge is 0.490 e. The Morgan fingerprint density at radius 1 is 1.00 bits per heavy atom. The number of piperidine rings is 1. The lowest BCUT2D eigenvalue weighted by atomic mass is 9.87. The topological polar surface area (TPSA) is 50.8 Å². The van der Waals surface area contributed by atoms with Gasteiger partial charge in [0.25, 0.3) is 5.91 Å². The van der Waals surface area contributed by atoms with Crippen molar-refractivity contribution in [3.05, 3.63) is 54.1 Å². The number of carbonyl (C=O) groups is 1. The minimum absolute atomic E-state index is 0.0880. The molecule has 5 nitrogen and oxygen atoms in total. The average Bonchev–Trinajstić information content (AvgIpc) is 2.71. The molecule has 1 atom stereocenters. The molecular weight excluding hydrogens is 376 g/mol.